The molecule has 2 fully saturated rings. The standard InChI is InChI=1S/C15H17NO3/c1-19-11-8-6-10(7-9-11)16-14(17)12-4-2-3-5-13(12)15(16)18/h6-9,12-13H,2-5H2,1H3. The fourth-order valence-electron chi connectivity index (χ4n) is 3.15. The first-order valence-corrected chi connectivity index (χ1v) is 6.74. The molecule has 1 saturated heterocycles. The van der Waals surface area contributed by atoms with Gasteiger partial charge in [0.1, 0.15) is 5.75 Å². The molecule has 2 amide bonds. The molecule has 0 N–H and O–H groups in total. The van der Waals surface area contributed by atoms with Crippen molar-refractivity contribution < 1.29 is 14.3 Å². The predicted octanol–water partition coefficient (Wildman–Crippen LogP) is 2.37. The van der Waals surface area contributed by atoms with E-state index in [0.29, 0.717) is 5.69 Å². The molecular weight excluding hydrogens is 242 g/mol. The number of carbonyl (C=O) groups excluding carboxylic acids is 2. The number of rotatable bonds is 2. The van der Waals surface area contributed by atoms with E-state index in [1.54, 1.807) is 31.4 Å². The third-order valence-corrected chi connectivity index (χ3v) is 4.17. The summed E-state index contributed by atoms with van der Waals surface area (Å²) in [6.07, 6.45) is 3.80. The number of ether oxygens (including phenoxy) is 1. The van der Waals surface area contributed by atoms with E-state index < -0.39 is 0 Å². The quantitative estimate of drug-likeness (QED) is 0.766. The Morgan fingerprint density at radius 2 is 1.53 bits per heavy atom. The second kappa shape index (κ2) is 4.68. The van der Waals surface area contributed by atoms with Crippen LogP contribution in [0, 0.1) is 11.8 Å². The van der Waals surface area contributed by atoms with Crippen LogP contribution in [-0.2, 0) is 9.59 Å². The molecule has 1 aromatic rings. The Morgan fingerprint density at radius 1 is 1.00 bits per heavy atom. The minimum absolute atomic E-state index is 0.0279. The van der Waals surface area contributed by atoms with Crippen LogP contribution in [-0.4, -0.2) is 18.9 Å². The summed E-state index contributed by atoms with van der Waals surface area (Å²) in [5, 5.41) is 0. The van der Waals surface area contributed by atoms with Gasteiger partial charge in [0.15, 0.2) is 0 Å². The topological polar surface area (TPSA) is 46.6 Å². The number of fused-ring (bicyclic) bond motifs is 1. The number of hydrogen-bond acceptors (Lipinski definition) is 3. The molecule has 100 valence electrons. The van der Waals surface area contributed by atoms with Crippen LogP contribution >= 0.6 is 0 Å². The number of imide groups is 1. The Labute approximate surface area is 112 Å². The summed E-state index contributed by atoms with van der Waals surface area (Å²) in [7, 11) is 1.59. The van der Waals surface area contributed by atoms with Crippen molar-refractivity contribution in [2.75, 3.05) is 12.0 Å². The molecule has 0 aromatic heterocycles. The summed E-state index contributed by atoms with van der Waals surface area (Å²) >= 11 is 0. The summed E-state index contributed by atoms with van der Waals surface area (Å²) in [5.41, 5.74) is 0.658. The number of nitrogens with zero attached hydrogens (tertiary/aromatic N) is 1. The molecule has 1 heterocycles. The average Bonchev–Trinajstić information content (AvgIpc) is 2.72. The molecule has 2 aliphatic rings. The number of carbonyl (C=O) groups is 2. The Kier molecular flexibility index (Phi) is 3.01. The highest BCUT2D eigenvalue weighted by molar-refractivity contribution is 6.22. The maximum atomic E-state index is 12.4. The number of hydrogen-bond donors (Lipinski definition) is 0. The third kappa shape index (κ3) is 1.91. The van der Waals surface area contributed by atoms with Gasteiger partial charge in [0, 0.05) is 0 Å². The van der Waals surface area contributed by atoms with Crippen LogP contribution in [0.25, 0.3) is 0 Å². The Morgan fingerprint density at radius 3 is 2.00 bits per heavy atom. The lowest BCUT2D eigenvalue weighted by Gasteiger charge is -2.19. The lowest BCUT2D eigenvalue weighted by molar-refractivity contribution is -0.122. The van der Waals surface area contributed by atoms with E-state index in [-0.39, 0.29) is 23.7 Å². The molecule has 3 rings (SSSR count). The minimum Gasteiger partial charge on any atom is -0.497 e. The number of benzene rings is 1. The van der Waals surface area contributed by atoms with Crippen molar-refractivity contribution in [1.29, 1.82) is 0 Å². The van der Waals surface area contributed by atoms with Gasteiger partial charge < -0.3 is 4.74 Å². The van der Waals surface area contributed by atoms with Crippen molar-refractivity contribution in [2.24, 2.45) is 11.8 Å². The van der Waals surface area contributed by atoms with E-state index in [0.717, 1.165) is 31.4 Å². The van der Waals surface area contributed by atoms with Crippen LogP contribution in [0.15, 0.2) is 24.3 Å². The van der Waals surface area contributed by atoms with Gasteiger partial charge in [-0.3, -0.25) is 14.5 Å². The van der Waals surface area contributed by atoms with Gasteiger partial charge >= 0.3 is 0 Å². The smallest absolute Gasteiger partial charge is 0.237 e. The highest BCUT2D eigenvalue weighted by Gasteiger charge is 2.48. The van der Waals surface area contributed by atoms with Crippen molar-refractivity contribution in [1.82, 2.24) is 0 Å². The maximum absolute atomic E-state index is 12.4. The molecule has 1 aliphatic carbocycles. The Bertz CT molecular complexity index is 485. The van der Waals surface area contributed by atoms with E-state index in [9.17, 15) is 9.59 Å². The van der Waals surface area contributed by atoms with Gasteiger partial charge in [0.25, 0.3) is 0 Å². The van der Waals surface area contributed by atoms with Crippen LogP contribution in [0.1, 0.15) is 25.7 Å². The molecule has 0 radical (unpaired) electrons. The zero-order valence-corrected chi connectivity index (χ0v) is 11.0. The van der Waals surface area contributed by atoms with Gasteiger partial charge in [-0.1, -0.05) is 12.8 Å². The molecule has 2 unspecified atom stereocenters. The lowest BCUT2D eigenvalue weighted by Crippen LogP contribution is -2.30. The van der Waals surface area contributed by atoms with Gasteiger partial charge in [0.05, 0.1) is 24.6 Å². The molecule has 1 aromatic carbocycles. The zero-order valence-electron chi connectivity index (χ0n) is 11.0. The zero-order chi connectivity index (χ0) is 13.4. The minimum atomic E-state index is -0.0941. The predicted molar refractivity (Wildman–Crippen MR) is 70.9 cm³/mol. The van der Waals surface area contributed by atoms with Crippen molar-refractivity contribution in [2.45, 2.75) is 25.7 Å². The van der Waals surface area contributed by atoms with E-state index in [4.69, 9.17) is 4.74 Å². The van der Waals surface area contributed by atoms with E-state index >= 15 is 0 Å². The van der Waals surface area contributed by atoms with Crippen molar-refractivity contribution in [3.63, 3.8) is 0 Å². The van der Waals surface area contributed by atoms with Crippen LogP contribution in [0.5, 0.6) is 5.75 Å². The van der Waals surface area contributed by atoms with E-state index in [2.05, 4.69) is 0 Å². The highest BCUT2D eigenvalue weighted by atomic mass is 16.5. The van der Waals surface area contributed by atoms with Gasteiger partial charge in [0.2, 0.25) is 11.8 Å². The Hall–Kier alpha value is -1.84. The highest BCUT2D eigenvalue weighted by Crippen LogP contribution is 2.40. The molecule has 1 aliphatic heterocycles. The first-order valence-electron chi connectivity index (χ1n) is 6.74. The molecule has 0 bridgehead atoms. The van der Waals surface area contributed by atoms with Gasteiger partial charge in [-0.05, 0) is 37.1 Å². The molecule has 1 saturated carbocycles. The number of anilines is 1. The third-order valence-electron chi connectivity index (χ3n) is 4.17. The first kappa shape index (κ1) is 12.2. The fraction of sp³-hybridized carbons (Fsp3) is 0.467. The number of amides is 2. The SMILES string of the molecule is COc1ccc(N2C(=O)C3CCCCC3C2=O)cc1. The van der Waals surface area contributed by atoms with Crippen LogP contribution in [0.3, 0.4) is 0 Å². The second-order valence-electron chi connectivity index (χ2n) is 5.21. The molecule has 2 atom stereocenters. The van der Waals surface area contributed by atoms with Crippen molar-refractivity contribution in [3.8, 4) is 5.75 Å². The van der Waals surface area contributed by atoms with Crippen LogP contribution < -0.4 is 9.64 Å². The molecule has 4 nitrogen and oxygen atoms in total. The lowest BCUT2D eigenvalue weighted by atomic mass is 9.81. The molecule has 19 heavy (non-hydrogen) atoms. The van der Waals surface area contributed by atoms with Crippen LogP contribution in [0.2, 0.25) is 0 Å². The second-order valence-corrected chi connectivity index (χ2v) is 5.21. The normalized spacial score (nSPS) is 26.5. The van der Waals surface area contributed by atoms with Gasteiger partial charge in [-0.2, -0.15) is 0 Å². The molecule has 4 heteroatoms. The van der Waals surface area contributed by atoms with E-state index in [1.165, 1.54) is 4.90 Å². The van der Waals surface area contributed by atoms with Crippen molar-refractivity contribution >= 4 is 17.5 Å². The molecular formula is C15H17NO3. The Balaban J connectivity index is 1.91. The molecule has 0 spiro atoms. The largest absolute Gasteiger partial charge is 0.497 e. The first-order chi connectivity index (χ1) is 9.22. The van der Waals surface area contributed by atoms with Gasteiger partial charge in [-0.15, -0.1) is 0 Å². The summed E-state index contributed by atoms with van der Waals surface area (Å²) in [5.74, 6) is 0.478. The van der Waals surface area contributed by atoms with E-state index in [1.807, 2.05) is 0 Å². The number of methoxy groups -OCH3 is 1. The van der Waals surface area contributed by atoms with Gasteiger partial charge in [-0.25, -0.2) is 0 Å². The summed E-state index contributed by atoms with van der Waals surface area (Å²) in [6.45, 7) is 0. The summed E-state index contributed by atoms with van der Waals surface area (Å²) in [4.78, 5) is 26.1. The van der Waals surface area contributed by atoms with Crippen molar-refractivity contribution in [3.05, 3.63) is 24.3 Å². The maximum Gasteiger partial charge on any atom is 0.237 e. The average molecular weight is 259 g/mol. The monoisotopic (exact) mass is 259 g/mol. The summed E-state index contributed by atoms with van der Waals surface area (Å²) in [6, 6.07) is 7.09. The van der Waals surface area contributed by atoms with Crippen LogP contribution in [0.4, 0.5) is 5.69 Å². The fourth-order valence-corrected chi connectivity index (χ4v) is 3.15. The summed E-state index contributed by atoms with van der Waals surface area (Å²) < 4.78 is 5.09.